The fourth-order valence-electron chi connectivity index (χ4n) is 2.71. The van der Waals surface area contributed by atoms with Gasteiger partial charge in [-0.3, -0.25) is 4.79 Å². The Balaban J connectivity index is 1.93. The van der Waals surface area contributed by atoms with Crippen LogP contribution in [0.4, 0.5) is 4.39 Å². The molecule has 0 spiro atoms. The van der Waals surface area contributed by atoms with E-state index in [-0.39, 0.29) is 11.6 Å². The first-order chi connectivity index (χ1) is 12.0. The number of rotatable bonds is 5. The zero-order chi connectivity index (χ0) is 17.8. The van der Waals surface area contributed by atoms with E-state index in [0.717, 1.165) is 23.0 Å². The molecule has 0 saturated carbocycles. The van der Waals surface area contributed by atoms with Crippen molar-refractivity contribution in [3.63, 3.8) is 0 Å². The normalized spacial score (nSPS) is 11.2. The molecule has 0 aliphatic rings. The third-order valence-corrected chi connectivity index (χ3v) is 4.05. The van der Waals surface area contributed by atoms with E-state index in [2.05, 4.69) is 24.5 Å². The van der Waals surface area contributed by atoms with Crippen molar-refractivity contribution in [3.8, 4) is 0 Å². The lowest BCUT2D eigenvalue weighted by Gasteiger charge is -2.01. The first-order valence-corrected chi connectivity index (χ1v) is 8.24. The summed E-state index contributed by atoms with van der Waals surface area (Å²) in [6.45, 7) is 4.85. The van der Waals surface area contributed by atoms with Gasteiger partial charge in [0.25, 0.3) is 0 Å². The summed E-state index contributed by atoms with van der Waals surface area (Å²) < 4.78 is 15.0. The smallest absolute Gasteiger partial charge is 0.188 e. The van der Waals surface area contributed by atoms with Crippen LogP contribution in [0.3, 0.4) is 0 Å². The molecule has 0 aliphatic heterocycles. The average molecular weight is 333 g/mol. The van der Waals surface area contributed by atoms with E-state index in [1.807, 2.05) is 30.5 Å². The molecule has 2 nitrogen and oxygen atoms in total. The van der Waals surface area contributed by atoms with Gasteiger partial charge in [-0.05, 0) is 43.7 Å². The number of nitrogens with zero attached hydrogens (tertiary/aromatic N) is 1. The van der Waals surface area contributed by atoms with Gasteiger partial charge in [0.15, 0.2) is 5.78 Å². The quantitative estimate of drug-likeness (QED) is 0.336. The lowest BCUT2D eigenvalue weighted by atomic mass is 10.1. The van der Waals surface area contributed by atoms with Gasteiger partial charge in [-0.1, -0.05) is 48.1 Å². The number of aromatic nitrogens is 1. The van der Waals surface area contributed by atoms with Gasteiger partial charge in [-0.25, -0.2) is 4.39 Å². The fraction of sp³-hybridized carbons (Fsp3) is 0.136. The first-order valence-electron chi connectivity index (χ1n) is 8.24. The maximum absolute atomic E-state index is 13.0. The summed E-state index contributed by atoms with van der Waals surface area (Å²) in [5, 5.41) is 0.943. The Morgan fingerprint density at radius 3 is 2.52 bits per heavy atom. The maximum Gasteiger partial charge on any atom is 0.188 e. The Morgan fingerprint density at radius 2 is 1.80 bits per heavy atom. The number of para-hydroxylation sites is 1. The summed E-state index contributed by atoms with van der Waals surface area (Å²) in [4.78, 5) is 12.7. The van der Waals surface area contributed by atoms with Gasteiger partial charge < -0.3 is 4.57 Å². The Morgan fingerprint density at radius 1 is 1.08 bits per heavy atom. The molecule has 0 atom stereocenters. The number of carbonyl (C=O) groups is 1. The van der Waals surface area contributed by atoms with Crippen molar-refractivity contribution < 1.29 is 9.18 Å². The van der Waals surface area contributed by atoms with E-state index < -0.39 is 0 Å². The van der Waals surface area contributed by atoms with Crippen LogP contribution < -0.4 is 0 Å². The number of fused-ring (bicyclic) bond motifs is 1. The molecule has 0 fully saturated rings. The summed E-state index contributed by atoms with van der Waals surface area (Å²) >= 11 is 0. The Hall–Kier alpha value is -2.94. The topological polar surface area (TPSA) is 22.0 Å². The predicted octanol–water partition coefficient (Wildman–Crippen LogP) is 5.64. The highest BCUT2D eigenvalue weighted by Crippen LogP contribution is 2.22. The lowest BCUT2D eigenvalue weighted by Crippen LogP contribution is -1.95. The van der Waals surface area contributed by atoms with Crippen molar-refractivity contribution in [3.05, 3.63) is 89.4 Å². The van der Waals surface area contributed by atoms with Gasteiger partial charge in [-0.15, -0.1) is 0 Å². The molecule has 0 saturated heterocycles. The van der Waals surface area contributed by atoms with E-state index in [1.54, 1.807) is 24.3 Å². The summed E-state index contributed by atoms with van der Waals surface area (Å²) in [6, 6.07) is 14.0. The van der Waals surface area contributed by atoms with E-state index in [1.165, 1.54) is 17.7 Å². The summed E-state index contributed by atoms with van der Waals surface area (Å²) in [6.07, 6.45) is 7.29. The van der Waals surface area contributed by atoms with Gasteiger partial charge >= 0.3 is 0 Å². The number of benzene rings is 2. The Labute approximate surface area is 146 Å². The zero-order valence-corrected chi connectivity index (χ0v) is 14.4. The SMILES string of the molecule is CC(C)=CCn1cc(C(=O)/C=C/c2ccc(F)cc2)c2ccccc21. The molecule has 3 aromatic rings. The van der Waals surface area contributed by atoms with Crippen LogP contribution >= 0.6 is 0 Å². The number of carbonyl (C=O) groups excluding carboxylic acids is 1. The average Bonchev–Trinajstić information content (AvgIpc) is 2.98. The summed E-state index contributed by atoms with van der Waals surface area (Å²) in [5.74, 6) is -0.345. The molecule has 0 N–H and O–H groups in total. The van der Waals surface area contributed by atoms with Gasteiger partial charge in [0, 0.05) is 29.2 Å². The highest BCUT2D eigenvalue weighted by atomic mass is 19.1. The monoisotopic (exact) mass is 333 g/mol. The van der Waals surface area contributed by atoms with E-state index in [4.69, 9.17) is 0 Å². The molecule has 0 unspecified atom stereocenters. The van der Waals surface area contributed by atoms with Crippen LogP contribution in [0.25, 0.3) is 17.0 Å². The minimum atomic E-state index is -0.286. The van der Waals surface area contributed by atoms with Gasteiger partial charge in [0.1, 0.15) is 5.82 Å². The zero-order valence-electron chi connectivity index (χ0n) is 14.4. The van der Waals surface area contributed by atoms with Crippen molar-refractivity contribution in [2.24, 2.45) is 0 Å². The van der Waals surface area contributed by atoms with E-state index >= 15 is 0 Å². The molecule has 0 bridgehead atoms. The molecule has 0 radical (unpaired) electrons. The highest BCUT2D eigenvalue weighted by Gasteiger charge is 2.12. The maximum atomic E-state index is 13.0. The first kappa shape index (κ1) is 16.9. The van der Waals surface area contributed by atoms with Crippen LogP contribution in [0.2, 0.25) is 0 Å². The van der Waals surface area contributed by atoms with Crippen LogP contribution in [0.15, 0.2) is 72.5 Å². The second-order valence-corrected chi connectivity index (χ2v) is 6.24. The van der Waals surface area contributed by atoms with Crippen molar-refractivity contribution in [2.75, 3.05) is 0 Å². The van der Waals surface area contributed by atoms with Crippen LogP contribution in [0.1, 0.15) is 29.8 Å². The molecule has 3 rings (SSSR count). The van der Waals surface area contributed by atoms with E-state index in [0.29, 0.717) is 5.56 Å². The molecule has 25 heavy (non-hydrogen) atoms. The van der Waals surface area contributed by atoms with Gasteiger partial charge in [0.2, 0.25) is 0 Å². The third kappa shape index (κ3) is 3.94. The molecule has 1 heterocycles. The molecular formula is C22H20FNO. The number of halogens is 1. The molecule has 0 amide bonds. The number of allylic oxidation sites excluding steroid dienone is 3. The van der Waals surface area contributed by atoms with Crippen LogP contribution in [0, 0.1) is 5.82 Å². The highest BCUT2D eigenvalue weighted by molar-refractivity contribution is 6.14. The minimum Gasteiger partial charge on any atom is -0.343 e. The van der Waals surface area contributed by atoms with Crippen molar-refractivity contribution in [1.29, 1.82) is 0 Å². The molecule has 126 valence electrons. The van der Waals surface area contributed by atoms with Gasteiger partial charge in [-0.2, -0.15) is 0 Å². The fourth-order valence-corrected chi connectivity index (χ4v) is 2.71. The molecule has 1 aromatic heterocycles. The van der Waals surface area contributed by atoms with Crippen LogP contribution in [0.5, 0.6) is 0 Å². The summed E-state index contributed by atoms with van der Waals surface area (Å²) in [5.41, 5.74) is 3.75. The third-order valence-electron chi connectivity index (χ3n) is 4.05. The van der Waals surface area contributed by atoms with Crippen molar-refractivity contribution >= 4 is 22.8 Å². The van der Waals surface area contributed by atoms with Crippen LogP contribution in [-0.4, -0.2) is 10.4 Å². The largest absolute Gasteiger partial charge is 0.343 e. The minimum absolute atomic E-state index is 0.0588. The van der Waals surface area contributed by atoms with E-state index in [9.17, 15) is 9.18 Å². The second kappa shape index (κ2) is 7.31. The predicted molar refractivity (Wildman–Crippen MR) is 101 cm³/mol. The summed E-state index contributed by atoms with van der Waals surface area (Å²) in [7, 11) is 0. The molecule has 0 aliphatic carbocycles. The van der Waals surface area contributed by atoms with Crippen LogP contribution in [-0.2, 0) is 6.54 Å². The Kier molecular flexibility index (Phi) is 4.94. The molecule has 3 heteroatoms. The lowest BCUT2D eigenvalue weighted by molar-refractivity contribution is 0.104. The second-order valence-electron chi connectivity index (χ2n) is 6.24. The molecular weight excluding hydrogens is 313 g/mol. The van der Waals surface area contributed by atoms with Crippen molar-refractivity contribution in [2.45, 2.75) is 20.4 Å². The molecule has 2 aromatic carbocycles. The number of hydrogen-bond donors (Lipinski definition) is 0. The van der Waals surface area contributed by atoms with Gasteiger partial charge in [0.05, 0.1) is 0 Å². The standard InChI is InChI=1S/C22H20FNO/c1-16(2)13-14-24-15-20(19-5-3-4-6-21(19)24)22(25)12-9-17-7-10-18(23)11-8-17/h3-13,15H,14H2,1-2H3/b12-9+. The number of ketones is 1. The Bertz CT molecular complexity index is 957. The number of hydrogen-bond acceptors (Lipinski definition) is 1. The van der Waals surface area contributed by atoms with Crippen molar-refractivity contribution in [1.82, 2.24) is 4.57 Å².